The fraction of sp³-hybridized carbons (Fsp3) is 0.167. The number of carbonyl (C=O) groups is 1. The Morgan fingerprint density at radius 2 is 2.32 bits per heavy atom. The molecule has 0 fully saturated rings. The highest BCUT2D eigenvalue weighted by molar-refractivity contribution is 7.99. The summed E-state index contributed by atoms with van der Waals surface area (Å²) in [5.74, 6) is 1.54. The molecular formula is C12H11N3O3S. The zero-order valence-electron chi connectivity index (χ0n) is 9.88. The van der Waals surface area contributed by atoms with Crippen LogP contribution in [0, 0.1) is 0 Å². The maximum absolute atomic E-state index is 11.8. The van der Waals surface area contributed by atoms with Gasteiger partial charge in [-0.2, -0.15) is 0 Å². The molecule has 0 saturated carbocycles. The van der Waals surface area contributed by atoms with Gasteiger partial charge >= 0.3 is 0 Å². The third-order valence-corrected chi connectivity index (χ3v) is 3.37. The summed E-state index contributed by atoms with van der Waals surface area (Å²) in [7, 11) is 0. The average Bonchev–Trinajstić information content (AvgIpc) is 3.07. The van der Waals surface area contributed by atoms with E-state index in [9.17, 15) is 4.79 Å². The molecule has 0 spiro atoms. The third-order valence-electron chi connectivity index (χ3n) is 2.47. The van der Waals surface area contributed by atoms with Crippen molar-refractivity contribution >= 4 is 23.4 Å². The van der Waals surface area contributed by atoms with Gasteiger partial charge in [-0.15, -0.1) is 0 Å². The van der Waals surface area contributed by atoms with E-state index in [2.05, 4.69) is 15.3 Å². The maximum atomic E-state index is 11.8. The van der Waals surface area contributed by atoms with E-state index < -0.39 is 0 Å². The highest BCUT2D eigenvalue weighted by atomic mass is 32.2. The molecule has 0 radical (unpaired) electrons. The molecule has 7 heteroatoms. The highest BCUT2D eigenvalue weighted by Crippen LogP contribution is 2.34. The summed E-state index contributed by atoms with van der Waals surface area (Å²) in [5.41, 5.74) is 0.689. The summed E-state index contributed by atoms with van der Waals surface area (Å²) in [6, 6.07) is 5.30. The van der Waals surface area contributed by atoms with Crippen LogP contribution in [0.2, 0.25) is 0 Å². The number of thioether (sulfide) groups is 1. The van der Waals surface area contributed by atoms with Crippen LogP contribution in [-0.2, 0) is 4.79 Å². The van der Waals surface area contributed by atoms with Crippen molar-refractivity contribution in [2.75, 3.05) is 17.9 Å². The van der Waals surface area contributed by atoms with Gasteiger partial charge in [-0.1, -0.05) is 11.8 Å². The molecule has 1 aliphatic heterocycles. The van der Waals surface area contributed by atoms with Crippen molar-refractivity contribution in [3.8, 4) is 11.5 Å². The zero-order valence-corrected chi connectivity index (χ0v) is 10.7. The first kappa shape index (κ1) is 11.9. The standard InChI is InChI=1S/C12H11N3O3S/c16-11(6-19-12-13-3-4-14-12)15-8-1-2-9-10(5-8)18-7-17-9/h1-5H,6-7H2,(H,13,14)(H,15,16). The smallest absolute Gasteiger partial charge is 0.234 e. The van der Waals surface area contributed by atoms with Crippen LogP contribution in [0.5, 0.6) is 11.5 Å². The summed E-state index contributed by atoms with van der Waals surface area (Å²) in [5, 5.41) is 3.52. The van der Waals surface area contributed by atoms with Gasteiger partial charge in [0.15, 0.2) is 16.7 Å². The van der Waals surface area contributed by atoms with Crippen LogP contribution in [-0.4, -0.2) is 28.4 Å². The van der Waals surface area contributed by atoms with E-state index in [4.69, 9.17) is 9.47 Å². The number of amides is 1. The number of hydrogen-bond acceptors (Lipinski definition) is 5. The second-order valence-corrected chi connectivity index (χ2v) is 4.76. The molecule has 1 aliphatic rings. The predicted molar refractivity (Wildman–Crippen MR) is 70.5 cm³/mol. The molecule has 6 nitrogen and oxygen atoms in total. The molecular weight excluding hydrogens is 266 g/mol. The molecule has 98 valence electrons. The zero-order chi connectivity index (χ0) is 13.1. The first-order valence-corrected chi connectivity index (χ1v) is 6.61. The van der Waals surface area contributed by atoms with Gasteiger partial charge in [0, 0.05) is 24.1 Å². The quantitative estimate of drug-likeness (QED) is 0.834. The first-order chi connectivity index (χ1) is 9.31. The topological polar surface area (TPSA) is 76.2 Å². The van der Waals surface area contributed by atoms with E-state index >= 15 is 0 Å². The Labute approximate surface area is 113 Å². The number of carbonyl (C=O) groups excluding carboxylic acids is 1. The molecule has 3 rings (SSSR count). The van der Waals surface area contributed by atoms with Gasteiger partial charge in [0.2, 0.25) is 12.7 Å². The van der Waals surface area contributed by atoms with Crippen LogP contribution >= 0.6 is 11.8 Å². The largest absolute Gasteiger partial charge is 0.454 e. The lowest BCUT2D eigenvalue weighted by molar-refractivity contribution is -0.113. The van der Waals surface area contributed by atoms with Gasteiger partial charge < -0.3 is 19.8 Å². The number of aromatic amines is 1. The number of nitrogens with zero attached hydrogens (tertiary/aromatic N) is 1. The van der Waals surface area contributed by atoms with Crippen LogP contribution in [0.25, 0.3) is 0 Å². The summed E-state index contributed by atoms with van der Waals surface area (Å²) >= 11 is 1.35. The van der Waals surface area contributed by atoms with E-state index in [1.165, 1.54) is 11.8 Å². The minimum atomic E-state index is -0.0970. The highest BCUT2D eigenvalue weighted by Gasteiger charge is 2.14. The molecule has 0 unspecified atom stereocenters. The van der Waals surface area contributed by atoms with Gasteiger partial charge in [0.05, 0.1) is 5.75 Å². The Balaban J connectivity index is 1.57. The van der Waals surface area contributed by atoms with E-state index in [0.717, 1.165) is 5.16 Å². The minimum Gasteiger partial charge on any atom is -0.454 e. The van der Waals surface area contributed by atoms with E-state index in [1.54, 1.807) is 30.6 Å². The second-order valence-electron chi connectivity index (χ2n) is 3.80. The molecule has 0 aliphatic carbocycles. The molecule has 19 heavy (non-hydrogen) atoms. The van der Waals surface area contributed by atoms with Gasteiger partial charge in [0.25, 0.3) is 0 Å². The lowest BCUT2D eigenvalue weighted by atomic mass is 10.3. The second kappa shape index (κ2) is 5.23. The number of hydrogen-bond donors (Lipinski definition) is 2. The van der Waals surface area contributed by atoms with Crippen LogP contribution in [0.4, 0.5) is 5.69 Å². The van der Waals surface area contributed by atoms with Gasteiger partial charge in [-0.05, 0) is 12.1 Å². The summed E-state index contributed by atoms with van der Waals surface area (Å²) in [4.78, 5) is 18.7. The fourth-order valence-corrected chi connectivity index (χ4v) is 2.26. The first-order valence-electron chi connectivity index (χ1n) is 5.63. The van der Waals surface area contributed by atoms with Crippen LogP contribution in [0.1, 0.15) is 0 Å². The van der Waals surface area contributed by atoms with Crippen LogP contribution < -0.4 is 14.8 Å². The number of imidazole rings is 1. The fourth-order valence-electron chi connectivity index (χ4n) is 1.63. The van der Waals surface area contributed by atoms with E-state index in [0.29, 0.717) is 22.9 Å². The number of benzene rings is 1. The summed E-state index contributed by atoms with van der Waals surface area (Å²) in [6.45, 7) is 0.223. The average molecular weight is 277 g/mol. The Bertz CT molecular complexity index is 586. The van der Waals surface area contributed by atoms with Crippen molar-refractivity contribution in [1.82, 2.24) is 9.97 Å². The maximum Gasteiger partial charge on any atom is 0.234 e. The van der Waals surface area contributed by atoms with E-state index in [1.807, 2.05) is 0 Å². The predicted octanol–water partition coefficient (Wildman–Crippen LogP) is 1.87. The Morgan fingerprint density at radius 1 is 1.42 bits per heavy atom. The number of nitrogens with one attached hydrogen (secondary N) is 2. The normalized spacial score (nSPS) is 12.4. The molecule has 2 N–H and O–H groups in total. The van der Waals surface area contributed by atoms with Crippen molar-refractivity contribution in [1.29, 1.82) is 0 Å². The Morgan fingerprint density at radius 3 is 3.16 bits per heavy atom. The Hall–Kier alpha value is -2.15. The lowest BCUT2D eigenvalue weighted by Gasteiger charge is -2.05. The van der Waals surface area contributed by atoms with Gasteiger partial charge in [0.1, 0.15) is 0 Å². The van der Waals surface area contributed by atoms with Crippen molar-refractivity contribution in [3.05, 3.63) is 30.6 Å². The van der Waals surface area contributed by atoms with E-state index in [-0.39, 0.29) is 12.7 Å². The molecule has 0 atom stereocenters. The van der Waals surface area contributed by atoms with Crippen LogP contribution in [0.3, 0.4) is 0 Å². The van der Waals surface area contributed by atoms with Crippen LogP contribution in [0.15, 0.2) is 35.7 Å². The summed E-state index contributed by atoms with van der Waals surface area (Å²) in [6.07, 6.45) is 3.37. The van der Waals surface area contributed by atoms with Crippen molar-refractivity contribution < 1.29 is 14.3 Å². The van der Waals surface area contributed by atoms with Crippen molar-refractivity contribution in [2.24, 2.45) is 0 Å². The number of fused-ring (bicyclic) bond motifs is 1. The summed E-state index contributed by atoms with van der Waals surface area (Å²) < 4.78 is 10.4. The van der Waals surface area contributed by atoms with Crippen molar-refractivity contribution in [2.45, 2.75) is 5.16 Å². The number of anilines is 1. The minimum absolute atomic E-state index is 0.0970. The molecule has 1 aromatic heterocycles. The molecule has 1 aromatic carbocycles. The number of ether oxygens (including phenoxy) is 2. The Kier molecular flexibility index (Phi) is 3.28. The molecule has 0 saturated heterocycles. The lowest BCUT2D eigenvalue weighted by Crippen LogP contribution is -2.14. The number of H-pyrrole nitrogens is 1. The number of rotatable bonds is 4. The monoisotopic (exact) mass is 277 g/mol. The van der Waals surface area contributed by atoms with Crippen molar-refractivity contribution in [3.63, 3.8) is 0 Å². The molecule has 2 heterocycles. The van der Waals surface area contributed by atoms with Gasteiger partial charge in [-0.25, -0.2) is 4.98 Å². The molecule has 1 amide bonds. The SMILES string of the molecule is O=C(CSc1ncc[nH]1)Nc1ccc2c(c1)OCO2. The third kappa shape index (κ3) is 2.82. The van der Waals surface area contributed by atoms with Gasteiger partial charge in [-0.3, -0.25) is 4.79 Å². The molecule has 0 bridgehead atoms. The number of aromatic nitrogens is 2. The molecule has 2 aromatic rings.